The summed E-state index contributed by atoms with van der Waals surface area (Å²) in [6.45, 7) is 1.57. The zero-order valence-electron chi connectivity index (χ0n) is 7.90. The van der Waals surface area contributed by atoms with Crippen molar-refractivity contribution in [3.63, 3.8) is 0 Å². The Kier molecular flexibility index (Phi) is 4.38. The van der Waals surface area contributed by atoms with Crippen molar-refractivity contribution >= 4 is 11.8 Å². The summed E-state index contributed by atoms with van der Waals surface area (Å²) >= 11 is 1.36. The van der Waals surface area contributed by atoms with Gasteiger partial charge in [-0.25, -0.2) is 4.39 Å². The number of halogens is 1. The van der Waals surface area contributed by atoms with Gasteiger partial charge in [0.15, 0.2) is 0 Å². The molecule has 0 saturated heterocycles. The van der Waals surface area contributed by atoms with Gasteiger partial charge in [-0.3, -0.25) is 0 Å². The lowest BCUT2D eigenvalue weighted by Crippen LogP contribution is -2.03. The highest BCUT2D eigenvalue weighted by Crippen LogP contribution is 2.28. The lowest BCUT2D eigenvalue weighted by Gasteiger charge is -2.11. The highest BCUT2D eigenvalue weighted by molar-refractivity contribution is 8.00. The number of hydrogen-bond acceptors (Lipinski definition) is 3. The number of hydrogen-bond donors (Lipinski definition) is 2. The highest BCUT2D eigenvalue weighted by atomic mass is 32.2. The zero-order chi connectivity index (χ0) is 10.6. The Hall–Kier alpha value is -0.580. The minimum Gasteiger partial charge on any atom is -0.395 e. The van der Waals surface area contributed by atoms with Crippen molar-refractivity contribution in [2.24, 2.45) is 0 Å². The van der Waals surface area contributed by atoms with Gasteiger partial charge in [0.25, 0.3) is 0 Å². The molecule has 1 aromatic carbocycles. The molecular weight excluding hydrogens is 203 g/mol. The van der Waals surface area contributed by atoms with E-state index in [-0.39, 0.29) is 18.5 Å². The van der Waals surface area contributed by atoms with Crippen LogP contribution in [0.5, 0.6) is 0 Å². The summed E-state index contributed by atoms with van der Waals surface area (Å²) < 4.78 is 13.2. The summed E-state index contributed by atoms with van der Waals surface area (Å²) in [6, 6.07) is 4.66. The summed E-state index contributed by atoms with van der Waals surface area (Å²) in [6.07, 6.45) is 0. The van der Waals surface area contributed by atoms with Crippen molar-refractivity contribution in [1.82, 2.24) is 0 Å². The van der Waals surface area contributed by atoms with Crippen molar-refractivity contribution in [3.05, 3.63) is 29.6 Å². The fraction of sp³-hybridized carbons (Fsp3) is 0.400. The van der Waals surface area contributed by atoms with E-state index in [2.05, 4.69) is 0 Å². The smallest absolute Gasteiger partial charge is 0.129 e. The third-order valence-corrected chi connectivity index (χ3v) is 3.01. The average Bonchev–Trinajstić information content (AvgIpc) is 2.18. The topological polar surface area (TPSA) is 40.5 Å². The van der Waals surface area contributed by atoms with Crippen LogP contribution in [0, 0.1) is 5.82 Å². The van der Waals surface area contributed by atoms with E-state index in [1.165, 1.54) is 17.8 Å². The quantitative estimate of drug-likeness (QED) is 0.754. The second-order valence-corrected chi connectivity index (χ2v) is 4.47. The first kappa shape index (κ1) is 11.5. The zero-order valence-corrected chi connectivity index (χ0v) is 8.72. The maximum atomic E-state index is 13.2. The molecule has 0 bridgehead atoms. The van der Waals surface area contributed by atoms with E-state index in [0.717, 1.165) is 0 Å². The van der Waals surface area contributed by atoms with Crippen LogP contribution in [0.2, 0.25) is 0 Å². The molecule has 14 heavy (non-hydrogen) atoms. The van der Waals surface area contributed by atoms with Gasteiger partial charge in [0.05, 0.1) is 13.2 Å². The lowest BCUT2D eigenvalue weighted by atomic mass is 10.2. The first-order valence-corrected chi connectivity index (χ1v) is 5.22. The Morgan fingerprint density at radius 2 is 2.14 bits per heavy atom. The third-order valence-electron chi connectivity index (χ3n) is 1.82. The van der Waals surface area contributed by atoms with Gasteiger partial charge in [0.1, 0.15) is 5.82 Å². The summed E-state index contributed by atoms with van der Waals surface area (Å²) in [5, 5.41) is 17.8. The Labute approximate surface area is 86.8 Å². The molecule has 0 saturated carbocycles. The van der Waals surface area contributed by atoms with E-state index >= 15 is 0 Å². The number of benzene rings is 1. The number of aliphatic hydroxyl groups excluding tert-OH is 2. The van der Waals surface area contributed by atoms with Crippen molar-refractivity contribution < 1.29 is 14.6 Å². The minimum atomic E-state index is -0.400. The fourth-order valence-electron chi connectivity index (χ4n) is 1.06. The van der Waals surface area contributed by atoms with E-state index < -0.39 is 5.82 Å². The Morgan fingerprint density at radius 3 is 2.71 bits per heavy atom. The summed E-state index contributed by atoms with van der Waals surface area (Å²) in [4.78, 5) is 0.689. The molecule has 1 aromatic rings. The molecule has 4 heteroatoms. The van der Waals surface area contributed by atoms with Crippen LogP contribution < -0.4 is 0 Å². The van der Waals surface area contributed by atoms with Crippen molar-refractivity contribution in [1.29, 1.82) is 0 Å². The Balaban J connectivity index is 2.90. The third kappa shape index (κ3) is 2.70. The average molecular weight is 216 g/mol. The van der Waals surface area contributed by atoms with Gasteiger partial charge in [-0.2, -0.15) is 0 Å². The first-order chi connectivity index (χ1) is 6.69. The molecule has 0 aliphatic carbocycles. The second-order valence-electron chi connectivity index (χ2n) is 2.99. The second kappa shape index (κ2) is 5.34. The van der Waals surface area contributed by atoms with Gasteiger partial charge in [0, 0.05) is 15.7 Å². The van der Waals surface area contributed by atoms with E-state index in [1.54, 1.807) is 12.1 Å². The molecule has 0 fully saturated rings. The van der Waals surface area contributed by atoms with E-state index in [9.17, 15) is 4.39 Å². The molecule has 0 spiro atoms. The summed E-state index contributed by atoms with van der Waals surface area (Å²) in [7, 11) is 0. The molecule has 1 rings (SSSR count). The van der Waals surface area contributed by atoms with Gasteiger partial charge in [0.2, 0.25) is 0 Å². The molecule has 2 N–H and O–H groups in total. The first-order valence-electron chi connectivity index (χ1n) is 4.34. The molecule has 2 nitrogen and oxygen atoms in total. The standard InChI is InChI=1S/C10H13FO2S/c1-7(5-12)14-10-4-2-3-9(11)8(10)6-13/h2-4,7,12-13H,5-6H2,1H3. The number of rotatable bonds is 4. The summed E-state index contributed by atoms with van der Waals surface area (Å²) in [5.74, 6) is -0.400. The Morgan fingerprint density at radius 1 is 1.43 bits per heavy atom. The van der Waals surface area contributed by atoms with Gasteiger partial charge in [-0.05, 0) is 12.1 Å². The van der Waals surface area contributed by atoms with Crippen LogP contribution in [-0.2, 0) is 6.61 Å². The molecule has 0 heterocycles. The van der Waals surface area contributed by atoms with Gasteiger partial charge in [-0.1, -0.05) is 13.0 Å². The monoisotopic (exact) mass is 216 g/mol. The van der Waals surface area contributed by atoms with Crippen LogP contribution in [0.3, 0.4) is 0 Å². The summed E-state index contributed by atoms with van der Waals surface area (Å²) in [5.41, 5.74) is 0.304. The normalized spacial score (nSPS) is 12.9. The van der Waals surface area contributed by atoms with E-state index in [4.69, 9.17) is 10.2 Å². The SMILES string of the molecule is CC(CO)Sc1cccc(F)c1CO. The Bertz CT molecular complexity index is 304. The molecule has 1 unspecified atom stereocenters. The molecule has 1 atom stereocenters. The number of aliphatic hydroxyl groups is 2. The predicted molar refractivity (Wildman–Crippen MR) is 54.7 cm³/mol. The highest BCUT2D eigenvalue weighted by Gasteiger charge is 2.10. The molecule has 0 aromatic heterocycles. The molecular formula is C10H13FO2S. The van der Waals surface area contributed by atoms with Crippen molar-refractivity contribution in [2.75, 3.05) is 6.61 Å². The van der Waals surface area contributed by atoms with Crippen LogP contribution in [0.4, 0.5) is 4.39 Å². The van der Waals surface area contributed by atoms with Crippen LogP contribution in [0.1, 0.15) is 12.5 Å². The molecule has 0 aliphatic heterocycles. The largest absolute Gasteiger partial charge is 0.395 e. The van der Waals surface area contributed by atoms with Crippen LogP contribution >= 0.6 is 11.8 Å². The van der Waals surface area contributed by atoms with Crippen LogP contribution in [-0.4, -0.2) is 22.1 Å². The minimum absolute atomic E-state index is 0.00194. The predicted octanol–water partition coefficient (Wildman–Crippen LogP) is 1.79. The van der Waals surface area contributed by atoms with E-state index in [1.807, 2.05) is 6.92 Å². The maximum absolute atomic E-state index is 13.2. The van der Waals surface area contributed by atoms with Gasteiger partial charge in [-0.15, -0.1) is 11.8 Å². The van der Waals surface area contributed by atoms with E-state index in [0.29, 0.717) is 10.5 Å². The molecule has 78 valence electrons. The van der Waals surface area contributed by atoms with Crippen LogP contribution in [0.15, 0.2) is 23.1 Å². The van der Waals surface area contributed by atoms with Crippen LogP contribution in [0.25, 0.3) is 0 Å². The molecule has 0 aliphatic rings. The number of thioether (sulfide) groups is 1. The van der Waals surface area contributed by atoms with Crippen molar-refractivity contribution in [2.45, 2.75) is 23.7 Å². The van der Waals surface area contributed by atoms with Crippen molar-refractivity contribution in [3.8, 4) is 0 Å². The molecule has 0 amide bonds. The maximum Gasteiger partial charge on any atom is 0.129 e. The van der Waals surface area contributed by atoms with Gasteiger partial charge < -0.3 is 10.2 Å². The lowest BCUT2D eigenvalue weighted by molar-refractivity contribution is 0.272. The fourth-order valence-corrected chi connectivity index (χ4v) is 2.03. The van der Waals surface area contributed by atoms with Gasteiger partial charge >= 0.3 is 0 Å². The molecule has 0 radical (unpaired) electrons.